The standard InChI is InChI=1S/C14H21N2O7P.C11H17N2O7P.CH4/c1-8-15-11(17)4-5-16(8)10-6-9(7-21-24(18,19)20)12-13(10)23-14(2,3)22-12;1-6-12-9(14)2-3-13(6)8-4-7(10(15)11(8)16)5-20-21(17,18)19;/h4-5,9-10,12-13H,1,6-7H2,2-3H3,(H,15,17)(H2,18,19,20);2-3,7-8,10-11,15-16H,1,4-5H2,(H,12,14)(H2,17,18,19);1H4/t9-,10-,12-,13?;7-,8-,10-,11+;/m11./s1. The van der Waals surface area contributed by atoms with Gasteiger partial charge >= 0.3 is 15.6 Å². The van der Waals surface area contributed by atoms with Crippen LogP contribution in [0.1, 0.15) is 34.1 Å². The van der Waals surface area contributed by atoms with Crippen LogP contribution in [0.4, 0.5) is 0 Å². The lowest BCUT2D eigenvalue weighted by Crippen LogP contribution is -2.45. The first-order chi connectivity index (χ1) is 20.7. The number of phosphoric ester groups is 2. The number of amides is 2. The minimum absolute atomic E-state index is 0. The maximum Gasteiger partial charge on any atom is 0.469 e. The van der Waals surface area contributed by atoms with Crippen molar-refractivity contribution < 1.29 is 67.0 Å². The molecule has 2 amide bonds. The highest BCUT2D eigenvalue weighted by Crippen LogP contribution is 2.46. The zero-order chi connectivity index (χ0) is 33.5. The van der Waals surface area contributed by atoms with Gasteiger partial charge in [-0.1, -0.05) is 20.6 Å². The van der Waals surface area contributed by atoms with E-state index in [-0.39, 0.29) is 68.9 Å². The van der Waals surface area contributed by atoms with Crippen molar-refractivity contribution in [3.05, 3.63) is 49.4 Å². The van der Waals surface area contributed by atoms with Crippen molar-refractivity contribution in [2.24, 2.45) is 11.8 Å². The SMILES string of the molecule is C.C=C1NC(=O)C=CN1[C@@H]1C[C@H](COP(=O)(O)O)[C@@H](O)[C@H]1O.C=C1NC(=O)C=CN1[C@@H]1C[C@H](COP(=O)(O)O)[C@H]2OC(C)(C)OC12. The lowest BCUT2D eigenvalue weighted by molar-refractivity contribution is -0.162. The number of hydrogen-bond donors (Lipinski definition) is 8. The van der Waals surface area contributed by atoms with Gasteiger partial charge in [0, 0.05) is 36.4 Å². The van der Waals surface area contributed by atoms with Gasteiger partial charge in [-0.25, -0.2) is 9.13 Å². The van der Waals surface area contributed by atoms with Gasteiger partial charge < -0.3 is 59.7 Å². The van der Waals surface area contributed by atoms with Crippen molar-refractivity contribution in [1.29, 1.82) is 0 Å². The van der Waals surface area contributed by atoms with Gasteiger partial charge in [0.25, 0.3) is 11.8 Å². The molecule has 20 heteroatoms. The Hall–Kier alpha value is -2.44. The van der Waals surface area contributed by atoms with E-state index in [1.54, 1.807) is 24.9 Å². The molecule has 3 heterocycles. The summed E-state index contributed by atoms with van der Waals surface area (Å²) in [6.07, 6.45) is 3.41. The largest absolute Gasteiger partial charge is 0.469 e. The summed E-state index contributed by atoms with van der Waals surface area (Å²) in [5, 5.41) is 25.1. The molecule has 0 aromatic rings. The second-order valence-electron chi connectivity index (χ2n) is 11.6. The van der Waals surface area contributed by atoms with Crippen molar-refractivity contribution in [2.75, 3.05) is 13.2 Å². The van der Waals surface area contributed by atoms with E-state index in [1.807, 2.05) is 0 Å². The van der Waals surface area contributed by atoms with E-state index in [9.17, 15) is 28.9 Å². The summed E-state index contributed by atoms with van der Waals surface area (Å²) in [6, 6.07) is -0.763. The van der Waals surface area contributed by atoms with Crippen LogP contribution in [-0.2, 0) is 37.2 Å². The summed E-state index contributed by atoms with van der Waals surface area (Å²) >= 11 is 0. The molecule has 18 nitrogen and oxygen atoms in total. The number of phosphoric acid groups is 2. The Balaban J connectivity index is 0.000000247. The van der Waals surface area contributed by atoms with Crippen LogP contribution in [0, 0.1) is 11.8 Å². The summed E-state index contributed by atoms with van der Waals surface area (Å²) in [6.45, 7) is 10.5. The Bertz CT molecular complexity index is 1350. The molecule has 5 rings (SSSR count). The van der Waals surface area contributed by atoms with E-state index in [0.717, 1.165) is 0 Å². The van der Waals surface area contributed by atoms with Crippen LogP contribution >= 0.6 is 15.6 Å². The van der Waals surface area contributed by atoms with Crippen molar-refractivity contribution >= 4 is 27.5 Å². The van der Waals surface area contributed by atoms with Crippen LogP contribution in [-0.4, -0.2) is 107 Å². The molecule has 1 saturated heterocycles. The molecule has 2 saturated carbocycles. The Kier molecular flexibility index (Phi) is 11.9. The second kappa shape index (κ2) is 14.4. The number of carbonyl (C=O) groups excluding carboxylic acids is 2. The first-order valence-electron chi connectivity index (χ1n) is 13.8. The number of aliphatic hydroxyl groups excluding tert-OH is 2. The minimum Gasteiger partial charge on any atom is -0.390 e. The molecule has 0 aromatic carbocycles. The second-order valence-corrected chi connectivity index (χ2v) is 14.0. The first-order valence-corrected chi connectivity index (χ1v) is 16.9. The van der Waals surface area contributed by atoms with Crippen molar-refractivity contribution in [3.63, 3.8) is 0 Å². The van der Waals surface area contributed by atoms with E-state index in [2.05, 4.69) is 32.8 Å². The molecule has 8 N–H and O–H groups in total. The van der Waals surface area contributed by atoms with Crippen LogP contribution in [0.2, 0.25) is 0 Å². The predicted molar refractivity (Wildman–Crippen MR) is 159 cm³/mol. The first kappa shape index (κ1) is 38.0. The predicted octanol–water partition coefficient (Wildman–Crippen LogP) is -0.320. The van der Waals surface area contributed by atoms with Crippen LogP contribution in [0.3, 0.4) is 0 Å². The van der Waals surface area contributed by atoms with Crippen LogP contribution in [0.5, 0.6) is 0 Å². The fourth-order valence-electron chi connectivity index (χ4n) is 6.01. The molecule has 46 heavy (non-hydrogen) atoms. The molecule has 2 aliphatic carbocycles. The third-order valence-electron chi connectivity index (χ3n) is 7.88. The Morgan fingerprint density at radius 3 is 1.74 bits per heavy atom. The summed E-state index contributed by atoms with van der Waals surface area (Å²) in [4.78, 5) is 61.1. The third kappa shape index (κ3) is 9.34. The van der Waals surface area contributed by atoms with Crippen molar-refractivity contribution in [3.8, 4) is 0 Å². The normalized spacial score (nSPS) is 33.7. The molecular formula is C26H42N4O14P2. The van der Waals surface area contributed by atoms with Gasteiger partial charge in [0.05, 0.1) is 37.5 Å². The number of nitrogens with zero attached hydrogens (tertiary/aromatic N) is 2. The number of ether oxygens (including phenoxy) is 2. The van der Waals surface area contributed by atoms with Crippen LogP contribution in [0.25, 0.3) is 0 Å². The molecular weight excluding hydrogens is 654 g/mol. The molecule has 260 valence electrons. The lowest BCUT2D eigenvalue weighted by Gasteiger charge is -2.34. The zero-order valence-corrected chi connectivity index (χ0v) is 26.2. The molecule has 3 fully saturated rings. The smallest absolute Gasteiger partial charge is 0.390 e. The number of rotatable bonds is 8. The fraction of sp³-hybridized carbons (Fsp3) is 0.615. The molecule has 0 bridgehead atoms. The summed E-state index contributed by atoms with van der Waals surface area (Å²) in [5.74, 6) is -1.61. The quantitative estimate of drug-likeness (QED) is 0.151. The number of carbonyl (C=O) groups is 2. The average molecular weight is 697 g/mol. The van der Waals surface area contributed by atoms with E-state index >= 15 is 0 Å². The van der Waals surface area contributed by atoms with Crippen molar-refractivity contribution in [2.45, 2.75) is 76.4 Å². The Labute approximate surface area is 265 Å². The lowest BCUT2D eigenvalue weighted by atomic mass is 10.1. The maximum absolute atomic E-state index is 11.4. The molecule has 5 aliphatic rings. The van der Waals surface area contributed by atoms with Crippen LogP contribution < -0.4 is 10.6 Å². The van der Waals surface area contributed by atoms with E-state index in [4.69, 9.17) is 29.0 Å². The van der Waals surface area contributed by atoms with Gasteiger partial charge in [-0.15, -0.1) is 0 Å². The van der Waals surface area contributed by atoms with Crippen molar-refractivity contribution in [1.82, 2.24) is 20.4 Å². The van der Waals surface area contributed by atoms with Gasteiger partial charge in [-0.05, 0) is 26.7 Å². The van der Waals surface area contributed by atoms with Crippen LogP contribution in [0.15, 0.2) is 49.4 Å². The van der Waals surface area contributed by atoms with Gasteiger partial charge in [0.1, 0.15) is 23.8 Å². The highest BCUT2D eigenvalue weighted by atomic mass is 31.2. The number of hydrogen-bond acceptors (Lipinski definition) is 12. The Morgan fingerprint density at radius 2 is 1.26 bits per heavy atom. The molecule has 1 unspecified atom stereocenters. The highest BCUT2D eigenvalue weighted by Gasteiger charge is 2.56. The third-order valence-corrected chi connectivity index (χ3v) is 8.85. The zero-order valence-electron chi connectivity index (χ0n) is 24.4. The Morgan fingerprint density at radius 1 is 0.826 bits per heavy atom. The highest BCUT2D eigenvalue weighted by molar-refractivity contribution is 7.46. The van der Waals surface area contributed by atoms with Gasteiger partial charge in [0.15, 0.2) is 5.79 Å². The van der Waals surface area contributed by atoms with Gasteiger partial charge in [-0.3, -0.25) is 18.6 Å². The molecule has 0 spiro atoms. The summed E-state index contributed by atoms with van der Waals surface area (Å²) in [7, 11) is -9.19. The van der Waals surface area contributed by atoms with E-state index < -0.39 is 45.6 Å². The van der Waals surface area contributed by atoms with Gasteiger partial charge in [0.2, 0.25) is 0 Å². The number of fused-ring (bicyclic) bond motifs is 1. The molecule has 0 radical (unpaired) electrons. The number of aliphatic hydroxyl groups is 2. The fourth-order valence-corrected chi connectivity index (χ4v) is 6.78. The summed E-state index contributed by atoms with van der Waals surface area (Å²) < 4.78 is 42.6. The van der Waals surface area contributed by atoms with E-state index in [0.29, 0.717) is 12.2 Å². The maximum atomic E-state index is 11.4. The van der Waals surface area contributed by atoms with Gasteiger partial charge in [-0.2, -0.15) is 0 Å². The molecule has 8 atom stereocenters. The molecule has 0 aromatic heterocycles. The molecule has 3 aliphatic heterocycles. The topological polar surface area (TPSA) is 257 Å². The van der Waals surface area contributed by atoms with E-state index in [1.165, 1.54) is 23.3 Å². The monoisotopic (exact) mass is 696 g/mol. The average Bonchev–Trinajstić information content (AvgIpc) is 3.49. The summed E-state index contributed by atoms with van der Waals surface area (Å²) in [5.41, 5.74) is 0. The number of nitrogens with one attached hydrogen (secondary N) is 2. The minimum atomic E-state index is -4.63.